The van der Waals surface area contributed by atoms with E-state index in [1.165, 1.54) is 4.90 Å². The highest BCUT2D eigenvalue weighted by Gasteiger charge is 2.28. The number of carbonyl (C=O) groups is 3. The summed E-state index contributed by atoms with van der Waals surface area (Å²) in [6, 6.07) is 8.11. The molecule has 2 N–H and O–H groups in total. The maximum atomic E-state index is 12.1. The van der Waals surface area contributed by atoms with E-state index in [-0.39, 0.29) is 23.3 Å². The Morgan fingerprint density at radius 2 is 1.77 bits per heavy atom. The number of benzene rings is 1. The number of hydrogen-bond acceptors (Lipinski definition) is 5. The van der Waals surface area contributed by atoms with Crippen LogP contribution in [0, 0.1) is 0 Å². The summed E-state index contributed by atoms with van der Waals surface area (Å²) in [6.45, 7) is 10.9. The lowest BCUT2D eigenvalue weighted by molar-refractivity contribution is -0.134. The highest BCUT2D eigenvalue weighted by molar-refractivity contribution is 6.00. The van der Waals surface area contributed by atoms with Gasteiger partial charge in [-0.15, -0.1) is 0 Å². The molecule has 8 heteroatoms. The van der Waals surface area contributed by atoms with Crippen molar-refractivity contribution < 1.29 is 19.5 Å². The average Bonchev–Trinajstić information content (AvgIpc) is 2.71. The molecule has 0 bridgehead atoms. The van der Waals surface area contributed by atoms with Gasteiger partial charge in [0.2, 0.25) is 11.8 Å². The predicted molar refractivity (Wildman–Crippen MR) is 119 cm³/mol. The van der Waals surface area contributed by atoms with Gasteiger partial charge in [0, 0.05) is 50.4 Å². The van der Waals surface area contributed by atoms with Gasteiger partial charge in [0.05, 0.1) is 5.92 Å². The smallest absolute Gasteiger partial charge is 0.407 e. The predicted octanol–water partition coefficient (Wildman–Crippen LogP) is 2.50. The second-order valence-corrected chi connectivity index (χ2v) is 9.38. The molecule has 1 aromatic rings. The molecule has 3 amide bonds. The van der Waals surface area contributed by atoms with Crippen LogP contribution in [0.1, 0.15) is 51.5 Å². The number of carboxylic acid groups (broad SMARTS) is 1. The zero-order valence-electron chi connectivity index (χ0n) is 18.8. The Bertz CT molecular complexity index is 795. The van der Waals surface area contributed by atoms with Gasteiger partial charge >= 0.3 is 6.09 Å². The van der Waals surface area contributed by atoms with Gasteiger partial charge in [-0.1, -0.05) is 12.1 Å². The van der Waals surface area contributed by atoms with E-state index in [0.717, 1.165) is 50.4 Å². The van der Waals surface area contributed by atoms with Crippen molar-refractivity contribution in [3.63, 3.8) is 0 Å². The monoisotopic (exact) mass is 430 g/mol. The molecule has 0 aromatic heterocycles. The van der Waals surface area contributed by atoms with Gasteiger partial charge in [0.25, 0.3) is 0 Å². The van der Waals surface area contributed by atoms with Crippen molar-refractivity contribution in [1.82, 2.24) is 15.1 Å². The van der Waals surface area contributed by atoms with Gasteiger partial charge in [-0.2, -0.15) is 0 Å². The molecule has 0 aliphatic carbocycles. The van der Waals surface area contributed by atoms with Crippen LogP contribution < -0.4 is 10.2 Å². The number of anilines is 1. The molecule has 8 nitrogen and oxygen atoms in total. The van der Waals surface area contributed by atoms with E-state index in [9.17, 15) is 19.5 Å². The molecule has 2 aliphatic rings. The Kier molecular flexibility index (Phi) is 7.20. The van der Waals surface area contributed by atoms with Gasteiger partial charge in [-0.3, -0.25) is 19.8 Å². The van der Waals surface area contributed by atoms with Crippen LogP contribution in [-0.4, -0.2) is 77.6 Å². The molecule has 2 saturated heterocycles. The molecule has 2 aliphatic heterocycles. The maximum absolute atomic E-state index is 12.1. The summed E-state index contributed by atoms with van der Waals surface area (Å²) < 4.78 is 0. The number of carbonyl (C=O) groups excluding carboxylic acids is 2. The average molecular weight is 431 g/mol. The molecule has 2 fully saturated rings. The van der Waals surface area contributed by atoms with E-state index >= 15 is 0 Å². The molecule has 1 unspecified atom stereocenters. The van der Waals surface area contributed by atoms with Crippen molar-refractivity contribution in [2.75, 3.05) is 44.2 Å². The lowest BCUT2D eigenvalue weighted by Gasteiger charge is -2.37. The van der Waals surface area contributed by atoms with Crippen LogP contribution in [0.5, 0.6) is 0 Å². The fraction of sp³-hybridized carbons (Fsp3) is 0.609. The van der Waals surface area contributed by atoms with E-state index in [1.54, 1.807) is 0 Å². The summed E-state index contributed by atoms with van der Waals surface area (Å²) >= 11 is 0. The lowest BCUT2D eigenvalue weighted by Crippen LogP contribution is -2.48. The van der Waals surface area contributed by atoms with E-state index in [4.69, 9.17) is 0 Å². The SMILES string of the molecule is CC(C)(C)N(CCCN1CCN(c2ccc(C3CCC(=O)NC3=O)cc2)CC1)C(=O)O. The molecular weight excluding hydrogens is 396 g/mol. The molecule has 1 aromatic carbocycles. The van der Waals surface area contributed by atoms with Crippen LogP contribution in [0.25, 0.3) is 0 Å². The van der Waals surface area contributed by atoms with Crippen LogP contribution in [0.15, 0.2) is 24.3 Å². The molecule has 0 radical (unpaired) electrons. The van der Waals surface area contributed by atoms with Crippen LogP contribution in [0.2, 0.25) is 0 Å². The fourth-order valence-electron chi connectivity index (χ4n) is 4.33. The molecular formula is C23H34N4O4. The Balaban J connectivity index is 1.46. The number of imide groups is 1. The quantitative estimate of drug-likeness (QED) is 0.674. The third kappa shape index (κ3) is 5.97. The van der Waals surface area contributed by atoms with Crippen LogP contribution in [-0.2, 0) is 9.59 Å². The molecule has 0 saturated carbocycles. The molecule has 170 valence electrons. The normalized spacial score (nSPS) is 20.5. The highest BCUT2D eigenvalue weighted by Crippen LogP contribution is 2.27. The number of piperazine rings is 1. The maximum Gasteiger partial charge on any atom is 0.407 e. The topological polar surface area (TPSA) is 93.2 Å². The summed E-state index contributed by atoms with van der Waals surface area (Å²) in [6.07, 6.45) is 0.916. The Hall–Kier alpha value is -2.61. The molecule has 3 rings (SSSR count). The Labute approximate surface area is 184 Å². The number of rotatable bonds is 6. The number of hydrogen-bond donors (Lipinski definition) is 2. The second-order valence-electron chi connectivity index (χ2n) is 9.38. The first-order valence-corrected chi connectivity index (χ1v) is 11.1. The van der Waals surface area contributed by atoms with Crippen molar-refractivity contribution in [2.24, 2.45) is 0 Å². The molecule has 31 heavy (non-hydrogen) atoms. The van der Waals surface area contributed by atoms with Crippen molar-refractivity contribution in [2.45, 2.75) is 51.5 Å². The van der Waals surface area contributed by atoms with Crippen LogP contribution >= 0.6 is 0 Å². The van der Waals surface area contributed by atoms with Crippen LogP contribution in [0.3, 0.4) is 0 Å². The lowest BCUT2D eigenvalue weighted by atomic mass is 9.90. The van der Waals surface area contributed by atoms with E-state index in [0.29, 0.717) is 19.4 Å². The fourth-order valence-corrected chi connectivity index (χ4v) is 4.33. The third-order valence-corrected chi connectivity index (χ3v) is 6.17. The summed E-state index contributed by atoms with van der Waals surface area (Å²) in [7, 11) is 0. The Morgan fingerprint density at radius 1 is 1.13 bits per heavy atom. The van der Waals surface area contributed by atoms with Gasteiger partial charge in [0.15, 0.2) is 0 Å². The van der Waals surface area contributed by atoms with E-state index in [1.807, 2.05) is 32.9 Å². The Morgan fingerprint density at radius 3 is 2.32 bits per heavy atom. The first-order chi connectivity index (χ1) is 14.6. The minimum absolute atomic E-state index is 0.190. The van der Waals surface area contributed by atoms with Gasteiger partial charge in [-0.25, -0.2) is 4.79 Å². The van der Waals surface area contributed by atoms with Crippen molar-refractivity contribution in [1.29, 1.82) is 0 Å². The second kappa shape index (κ2) is 9.68. The number of nitrogens with one attached hydrogen (secondary N) is 1. The van der Waals surface area contributed by atoms with Crippen molar-refractivity contribution in [3.8, 4) is 0 Å². The molecule has 2 heterocycles. The first-order valence-electron chi connectivity index (χ1n) is 11.1. The number of amides is 3. The van der Waals surface area contributed by atoms with Gasteiger partial charge in [0.1, 0.15) is 0 Å². The zero-order chi connectivity index (χ0) is 22.6. The summed E-state index contributed by atoms with van der Waals surface area (Å²) in [5.41, 5.74) is 1.71. The minimum atomic E-state index is -0.863. The molecule has 0 spiro atoms. The minimum Gasteiger partial charge on any atom is -0.465 e. The number of piperidine rings is 1. The van der Waals surface area contributed by atoms with Crippen molar-refractivity contribution in [3.05, 3.63) is 29.8 Å². The third-order valence-electron chi connectivity index (χ3n) is 6.17. The zero-order valence-corrected chi connectivity index (χ0v) is 18.8. The van der Waals surface area contributed by atoms with Crippen LogP contribution in [0.4, 0.5) is 10.5 Å². The summed E-state index contributed by atoms with van der Waals surface area (Å²) in [5, 5.41) is 11.8. The van der Waals surface area contributed by atoms with E-state index < -0.39 is 6.09 Å². The summed E-state index contributed by atoms with van der Waals surface area (Å²) in [4.78, 5) is 41.1. The first kappa shape index (κ1) is 23.1. The number of nitrogens with zero attached hydrogens (tertiary/aromatic N) is 3. The standard InChI is InChI=1S/C23H34N4O4/c1-23(2,3)27(22(30)31)12-4-11-25-13-15-26(16-14-25)18-7-5-17(6-8-18)19-9-10-20(28)24-21(19)29/h5-8,19H,4,9-16H2,1-3H3,(H,30,31)(H,24,28,29). The summed E-state index contributed by atoms with van der Waals surface area (Å²) in [5.74, 6) is -0.641. The van der Waals surface area contributed by atoms with Crippen molar-refractivity contribution >= 4 is 23.6 Å². The van der Waals surface area contributed by atoms with Gasteiger partial charge in [-0.05, 0) is 57.9 Å². The van der Waals surface area contributed by atoms with Gasteiger partial charge < -0.3 is 14.9 Å². The largest absolute Gasteiger partial charge is 0.465 e. The highest BCUT2D eigenvalue weighted by atomic mass is 16.4. The molecule has 1 atom stereocenters. The van der Waals surface area contributed by atoms with E-state index in [2.05, 4.69) is 27.2 Å².